The molecule has 196 valence electrons. The second-order valence-electron chi connectivity index (χ2n) is 12.0. The molecule has 36 heavy (non-hydrogen) atoms. The van der Waals surface area contributed by atoms with E-state index in [1.807, 2.05) is 32.9 Å². The molecule has 1 heterocycles. The number of imidazole rings is 1. The molecule has 5 rings (SSSR count). The number of aromatic nitrogens is 2. The lowest BCUT2D eigenvalue weighted by Crippen LogP contribution is -2.42. The molecule has 3 aliphatic carbocycles. The number of H-pyrrole nitrogens is 1. The van der Waals surface area contributed by atoms with E-state index in [1.54, 1.807) is 7.11 Å². The molecular weight excluding hydrogens is 456 g/mol. The van der Waals surface area contributed by atoms with Crippen molar-refractivity contribution in [1.29, 1.82) is 0 Å². The lowest BCUT2D eigenvalue weighted by atomic mass is 9.86. The van der Waals surface area contributed by atoms with E-state index in [1.165, 1.54) is 25.7 Å². The van der Waals surface area contributed by atoms with Gasteiger partial charge in [0, 0.05) is 18.5 Å². The van der Waals surface area contributed by atoms with Crippen LogP contribution in [0.15, 0.2) is 12.1 Å². The number of amides is 2. The third-order valence-electron chi connectivity index (χ3n) is 8.30. The van der Waals surface area contributed by atoms with Crippen LogP contribution in [-0.2, 0) is 4.74 Å². The molecule has 2 aromatic rings. The minimum absolute atomic E-state index is 0.0948. The van der Waals surface area contributed by atoms with Gasteiger partial charge in [0.1, 0.15) is 28.2 Å². The molecule has 3 fully saturated rings. The summed E-state index contributed by atoms with van der Waals surface area (Å²) in [5, 5.41) is 6.13. The van der Waals surface area contributed by atoms with Crippen LogP contribution in [0.3, 0.4) is 0 Å². The van der Waals surface area contributed by atoms with Crippen molar-refractivity contribution in [3.8, 4) is 5.75 Å². The summed E-state index contributed by atoms with van der Waals surface area (Å²) in [5.74, 6) is 4.02. The summed E-state index contributed by atoms with van der Waals surface area (Å²) in [5.41, 5.74) is 1.62. The molecule has 8 heteroatoms. The highest BCUT2D eigenvalue weighted by atomic mass is 16.6. The summed E-state index contributed by atoms with van der Waals surface area (Å²) < 4.78 is 10.9. The zero-order valence-corrected chi connectivity index (χ0v) is 22.0. The molecule has 3 N–H and O–H groups in total. The Kier molecular flexibility index (Phi) is 6.88. The third kappa shape index (κ3) is 5.32. The Morgan fingerprint density at radius 2 is 1.86 bits per heavy atom. The van der Waals surface area contributed by atoms with E-state index < -0.39 is 5.60 Å². The monoisotopic (exact) mass is 496 g/mol. The molecule has 0 radical (unpaired) electrons. The van der Waals surface area contributed by atoms with E-state index in [0.29, 0.717) is 35.4 Å². The van der Waals surface area contributed by atoms with Crippen LogP contribution in [0.4, 0.5) is 4.79 Å². The first kappa shape index (κ1) is 24.9. The summed E-state index contributed by atoms with van der Waals surface area (Å²) in [6.45, 7) is 6.22. The van der Waals surface area contributed by atoms with Crippen LogP contribution in [0.2, 0.25) is 0 Å². The maximum absolute atomic E-state index is 13.2. The molecule has 3 saturated carbocycles. The van der Waals surface area contributed by atoms with Crippen molar-refractivity contribution in [3.05, 3.63) is 23.5 Å². The number of aromatic amines is 1. The predicted molar refractivity (Wildman–Crippen MR) is 138 cm³/mol. The Morgan fingerprint density at radius 1 is 1.08 bits per heavy atom. The smallest absolute Gasteiger partial charge is 0.407 e. The number of nitrogens with one attached hydrogen (secondary N) is 3. The molecule has 3 unspecified atom stereocenters. The maximum atomic E-state index is 13.2. The van der Waals surface area contributed by atoms with E-state index >= 15 is 0 Å². The third-order valence-corrected chi connectivity index (χ3v) is 8.30. The van der Waals surface area contributed by atoms with E-state index in [2.05, 4.69) is 15.6 Å². The van der Waals surface area contributed by atoms with Gasteiger partial charge >= 0.3 is 6.09 Å². The van der Waals surface area contributed by atoms with Gasteiger partial charge in [-0.15, -0.1) is 0 Å². The number of carbonyl (C=O) groups excluding carboxylic acids is 2. The highest BCUT2D eigenvalue weighted by Gasteiger charge is 2.41. The zero-order chi connectivity index (χ0) is 25.4. The SMILES string of the molecule is COc1ccc(C(=O)NC[C@H]2CC[C@@H](NC(=O)OC(C)(C)C)CC2)c2nc(C3CC4CCC3C4)[nH]c12. The Bertz CT molecular complexity index is 1110. The number of rotatable bonds is 6. The lowest BCUT2D eigenvalue weighted by molar-refractivity contribution is 0.0487. The predicted octanol–water partition coefficient (Wildman–Crippen LogP) is 5.29. The van der Waals surface area contributed by atoms with Gasteiger partial charge in [0.05, 0.1) is 12.7 Å². The number of methoxy groups -OCH3 is 1. The Labute approximate surface area is 213 Å². The van der Waals surface area contributed by atoms with E-state index in [4.69, 9.17) is 14.5 Å². The van der Waals surface area contributed by atoms with Crippen molar-refractivity contribution in [2.45, 2.75) is 89.7 Å². The van der Waals surface area contributed by atoms with Gasteiger partial charge in [-0.1, -0.05) is 6.42 Å². The maximum Gasteiger partial charge on any atom is 0.407 e. The van der Waals surface area contributed by atoms with Crippen LogP contribution < -0.4 is 15.4 Å². The fourth-order valence-electron chi connectivity index (χ4n) is 6.51. The average molecular weight is 497 g/mol. The topological polar surface area (TPSA) is 105 Å². The second-order valence-corrected chi connectivity index (χ2v) is 12.0. The standard InChI is InChI=1S/C28H40N4O4/c1-28(2,3)36-27(34)30-19-9-6-16(7-10-19)15-29-26(33)20-11-12-22(35-4)24-23(20)31-25(32-24)21-14-17-5-8-18(21)13-17/h11-12,16-19,21H,5-10,13-15H2,1-4H3,(H,29,33)(H,30,34)(H,31,32)/t16-,17?,18?,19+,21?. The van der Waals surface area contributed by atoms with Gasteiger partial charge in [-0.3, -0.25) is 4.79 Å². The largest absolute Gasteiger partial charge is 0.494 e. The summed E-state index contributed by atoms with van der Waals surface area (Å²) in [6.07, 6.45) is 8.46. The molecule has 2 bridgehead atoms. The Hall–Kier alpha value is -2.77. The van der Waals surface area contributed by atoms with Crippen molar-refractivity contribution >= 4 is 23.0 Å². The van der Waals surface area contributed by atoms with Gasteiger partial charge in [0.25, 0.3) is 5.91 Å². The minimum atomic E-state index is -0.496. The number of fused-ring (bicyclic) bond motifs is 3. The number of nitrogens with zero attached hydrogens (tertiary/aromatic N) is 1. The summed E-state index contributed by atoms with van der Waals surface area (Å²) >= 11 is 0. The van der Waals surface area contributed by atoms with E-state index in [-0.39, 0.29) is 18.0 Å². The van der Waals surface area contributed by atoms with Crippen LogP contribution in [-0.4, -0.2) is 47.3 Å². The van der Waals surface area contributed by atoms with Crippen molar-refractivity contribution < 1.29 is 19.1 Å². The first-order valence-corrected chi connectivity index (χ1v) is 13.5. The molecule has 8 nitrogen and oxygen atoms in total. The molecule has 3 atom stereocenters. The zero-order valence-electron chi connectivity index (χ0n) is 22.0. The van der Waals surface area contributed by atoms with Gasteiger partial charge < -0.3 is 25.1 Å². The Morgan fingerprint density at radius 3 is 2.50 bits per heavy atom. The molecule has 0 saturated heterocycles. The first-order valence-electron chi connectivity index (χ1n) is 13.5. The highest BCUT2D eigenvalue weighted by molar-refractivity contribution is 6.06. The van der Waals surface area contributed by atoms with Gasteiger partial charge in [-0.2, -0.15) is 0 Å². The number of hydrogen-bond acceptors (Lipinski definition) is 5. The number of benzene rings is 1. The van der Waals surface area contributed by atoms with E-state index in [0.717, 1.165) is 48.7 Å². The molecule has 0 aliphatic heterocycles. The highest BCUT2D eigenvalue weighted by Crippen LogP contribution is 2.52. The normalized spacial score (nSPS) is 27.7. The van der Waals surface area contributed by atoms with Crippen LogP contribution in [0, 0.1) is 17.8 Å². The molecule has 1 aromatic carbocycles. The molecule has 0 spiro atoms. The lowest BCUT2D eigenvalue weighted by Gasteiger charge is -2.30. The number of alkyl carbamates (subject to hydrolysis) is 1. The number of ether oxygens (including phenoxy) is 2. The molecule has 2 amide bonds. The van der Waals surface area contributed by atoms with Crippen molar-refractivity contribution in [2.75, 3.05) is 13.7 Å². The van der Waals surface area contributed by atoms with Crippen molar-refractivity contribution in [2.24, 2.45) is 17.8 Å². The molecule has 1 aromatic heterocycles. The fraction of sp³-hybridized carbons (Fsp3) is 0.679. The van der Waals surface area contributed by atoms with Crippen LogP contribution in [0.5, 0.6) is 5.75 Å². The van der Waals surface area contributed by atoms with Gasteiger partial charge in [-0.05, 0) is 95.6 Å². The van der Waals surface area contributed by atoms with Crippen molar-refractivity contribution in [1.82, 2.24) is 20.6 Å². The first-order chi connectivity index (χ1) is 17.2. The van der Waals surface area contributed by atoms with E-state index in [9.17, 15) is 9.59 Å². The van der Waals surface area contributed by atoms with Crippen LogP contribution in [0.25, 0.3) is 11.0 Å². The van der Waals surface area contributed by atoms with Crippen LogP contribution in [0.1, 0.15) is 94.2 Å². The number of hydrogen-bond donors (Lipinski definition) is 3. The fourth-order valence-corrected chi connectivity index (χ4v) is 6.51. The number of carbonyl (C=O) groups is 2. The minimum Gasteiger partial charge on any atom is -0.494 e. The van der Waals surface area contributed by atoms with Gasteiger partial charge in [-0.25, -0.2) is 9.78 Å². The summed E-state index contributed by atoms with van der Waals surface area (Å²) in [6, 6.07) is 3.80. The van der Waals surface area contributed by atoms with Crippen LogP contribution >= 0.6 is 0 Å². The molecule has 3 aliphatic rings. The van der Waals surface area contributed by atoms with Gasteiger partial charge in [0.2, 0.25) is 0 Å². The Balaban J connectivity index is 1.19. The summed E-state index contributed by atoms with van der Waals surface area (Å²) in [7, 11) is 1.65. The summed E-state index contributed by atoms with van der Waals surface area (Å²) in [4.78, 5) is 33.7. The quantitative estimate of drug-likeness (QED) is 0.504. The second kappa shape index (κ2) is 9.94. The average Bonchev–Trinajstić information content (AvgIpc) is 3.57. The van der Waals surface area contributed by atoms with Gasteiger partial charge in [0.15, 0.2) is 0 Å². The van der Waals surface area contributed by atoms with Crippen molar-refractivity contribution in [3.63, 3.8) is 0 Å². The molecular formula is C28H40N4O4.